The number of ether oxygens (including phenoxy) is 1. The van der Waals surface area contributed by atoms with Crippen LogP contribution in [0.25, 0.3) is 0 Å². The van der Waals surface area contributed by atoms with E-state index in [0.29, 0.717) is 12.5 Å². The van der Waals surface area contributed by atoms with Crippen molar-refractivity contribution >= 4 is 5.96 Å². The number of nitrogens with zero attached hydrogens (tertiary/aromatic N) is 2. The Kier molecular flexibility index (Phi) is 9.01. The third kappa shape index (κ3) is 7.80. The van der Waals surface area contributed by atoms with Gasteiger partial charge >= 0.3 is 0 Å². The molecule has 0 amide bonds. The van der Waals surface area contributed by atoms with Gasteiger partial charge in [0, 0.05) is 46.9 Å². The number of aliphatic imine (C=N–C) groups is 1. The van der Waals surface area contributed by atoms with Crippen LogP contribution in [-0.4, -0.2) is 63.4 Å². The molecule has 0 spiro atoms. The maximum absolute atomic E-state index is 13.3. The summed E-state index contributed by atoms with van der Waals surface area (Å²) in [6.07, 6.45) is 1.01. The zero-order chi connectivity index (χ0) is 17.1. The minimum Gasteiger partial charge on any atom is -0.505 e. The molecule has 0 unspecified atom stereocenters. The molecular formula is C16H27FN4O2. The fraction of sp³-hybridized carbons (Fsp3) is 0.562. The van der Waals surface area contributed by atoms with E-state index >= 15 is 0 Å². The first-order valence-corrected chi connectivity index (χ1v) is 7.66. The van der Waals surface area contributed by atoms with Crippen molar-refractivity contribution in [3.63, 3.8) is 0 Å². The van der Waals surface area contributed by atoms with E-state index in [2.05, 4.69) is 27.6 Å². The first-order valence-electron chi connectivity index (χ1n) is 7.66. The van der Waals surface area contributed by atoms with Gasteiger partial charge in [0.15, 0.2) is 17.5 Å². The normalized spacial score (nSPS) is 11.8. The quantitative estimate of drug-likeness (QED) is 0.361. The molecule has 0 aliphatic heterocycles. The fourth-order valence-electron chi connectivity index (χ4n) is 2.02. The number of methoxy groups -OCH3 is 1. The number of hydrogen-bond donors (Lipinski definition) is 3. The van der Waals surface area contributed by atoms with Crippen LogP contribution in [0.3, 0.4) is 0 Å². The smallest absolute Gasteiger partial charge is 0.191 e. The first kappa shape index (κ1) is 19.2. The summed E-state index contributed by atoms with van der Waals surface area (Å²) in [5, 5.41) is 15.5. The molecular weight excluding hydrogens is 299 g/mol. The van der Waals surface area contributed by atoms with Crippen molar-refractivity contribution in [3.05, 3.63) is 29.6 Å². The van der Waals surface area contributed by atoms with Gasteiger partial charge in [0.1, 0.15) is 0 Å². The van der Waals surface area contributed by atoms with E-state index in [1.807, 2.05) is 0 Å². The first-order chi connectivity index (χ1) is 11.1. The van der Waals surface area contributed by atoms with Gasteiger partial charge in [-0.3, -0.25) is 4.99 Å². The molecule has 130 valence electrons. The SMILES string of the molecule is CN=C(NCCN(C)CCCOC)NCc1ccc(O)c(F)c1. The molecule has 1 aromatic carbocycles. The average molecular weight is 326 g/mol. The Morgan fingerprint density at radius 2 is 2.13 bits per heavy atom. The molecule has 0 aliphatic carbocycles. The number of phenolic OH excluding ortho intramolecular Hbond substituents is 1. The fourth-order valence-corrected chi connectivity index (χ4v) is 2.02. The largest absolute Gasteiger partial charge is 0.505 e. The zero-order valence-electron chi connectivity index (χ0n) is 14.1. The summed E-state index contributed by atoms with van der Waals surface area (Å²) in [4.78, 5) is 6.35. The minimum atomic E-state index is -0.620. The predicted octanol–water partition coefficient (Wildman–Crippen LogP) is 1.16. The van der Waals surface area contributed by atoms with Gasteiger partial charge < -0.3 is 25.4 Å². The van der Waals surface area contributed by atoms with Crippen LogP contribution in [0.15, 0.2) is 23.2 Å². The van der Waals surface area contributed by atoms with E-state index in [0.717, 1.165) is 38.2 Å². The topological polar surface area (TPSA) is 69.1 Å². The number of rotatable bonds is 9. The highest BCUT2D eigenvalue weighted by Crippen LogP contribution is 2.15. The van der Waals surface area contributed by atoms with E-state index < -0.39 is 5.82 Å². The molecule has 0 aromatic heterocycles. The van der Waals surface area contributed by atoms with Crippen LogP contribution in [0.5, 0.6) is 5.75 Å². The van der Waals surface area contributed by atoms with Crippen molar-refractivity contribution in [3.8, 4) is 5.75 Å². The lowest BCUT2D eigenvalue weighted by molar-refractivity contribution is 0.180. The van der Waals surface area contributed by atoms with Gasteiger partial charge in [-0.2, -0.15) is 0 Å². The van der Waals surface area contributed by atoms with Crippen molar-refractivity contribution in [2.45, 2.75) is 13.0 Å². The lowest BCUT2D eigenvalue weighted by Gasteiger charge is -2.18. The molecule has 0 saturated heterocycles. The van der Waals surface area contributed by atoms with Crippen molar-refractivity contribution in [1.29, 1.82) is 0 Å². The summed E-state index contributed by atoms with van der Waals surface area (Å²) in [5.41, 5.74) is 0.736. The van der Waals surface area contributed by atoms with Crippen LogP contribution in [0.4, 0.5) is 4.39 Å². The van der Waals surface area contributed by atoms with Crippen LogP contribution in [0.1, 0.15) is 12.0 Å². The van der Waals surface area contributed by atoms with Crippen molar-refractivity contribution in [2.75, 3.05) is 47.4 Å². The number of halogens is 1. The number of likely N-dealkylation sites (N-methyl/N-ethyl adjacent to an activating group) is 1. The van der Waals surface area contributed by atoms with Gasteiger partial charge in [-0.1, -0.05) is 6.07 Å². The number of benzene rings is 1. The van der Waals surface area contributed by atoms with E-state index in [1.54, 1.807) is 20.2 Å². The highest BCUT2D eigenvalue weighted by Gasteiger charge is 2.03. The summed E-state index contributed by atoms with van der Waals surface area (Å²) in [6, 6.07) is 4.32. The van der Waals surface area contributed by atoms with Gasteiger partial charge in [0.05, 0.1) is 0 Å². The van der Waals surface area contributed by atoms with Gasteiger partial charge in [0.2, 0.25) is 0 Å². The summed E-state index contributed by atoms with van der Waals surface area (Å²) >= 11 is 0. The molecule has 0 bridgehead atoms. The lowest BCUT2D eigenvalue weighted by Crippen LogP contribution is -2.40. The van der Waals surface area contributed by atoms with Crippen LogP contribution in [0.2, 0.25) is 0 Å². The number of guanidine groups is 1. The molecule has 0 aliphatic rings. The summed E-state index contributed by atoms with van der Waals surface area (Å²) < 4.78 is 18.3. The number of phenols is 1. The molecule has 0 atom stereocenters. The molecule has 7 heteroatoms. The minimum absolute atomic E-state index is 0.340. The zero-order valence-corrected chi connectivity index (χ0v) is 14.1. The molecule has 1 rings (SSSR count). The average Bonchev–Trinajstić information content (AvgIpc) is 2.54. The number of hydrogen-bond acceptors (Lipinski definition) is 4. The van der Waals surface area contributed by atoms with Crippen LogP contribution >= 0.6 is 0 Å². The van der Waals surface area contributed by atoms with E-state index in [9.17, 15) is 4.39 Å². The Morgan fingerprint density at radius 1 is 1.35 bits per heavy atom. The van der Waals surface area contributed by atoms with E-state index in [-0.39, 0.29) is 5.75 Å². The van der Waals surface area contributed by atoms with Crippen molar-refractivity contribution in [2.24, 2.45) is 4.99 Å². The van der Waals surface area contributed by atoms with E-state index in [1.165, 1.54) is 12.1 Å². The molecule has 3 N–H and O–H groups in total. The Hall–Kier alpha value is -1.86. The third-order valence-corrected chi connectivity index (χ3v) is 3.37. The predicted molar refractivity (Wildman–Crippen MR) is 90.3 cm³/mol. The molecule has 23 heavy (non-hydrogen) atoms. The molecule has 0 fully saturated rings. The summed E-state index contributed by atoms with van der Waals surface area (Å²) in [6.45, 7) is 3.82. The Balaban J connectivity index is 2.28. The Labute approximate surface area is 137 Å². The lowest BCUT2D eigenvalue weighted by atomic mass is 10.2. The molecule has 1 aromatic rings. The second-order valence-electron chi connectivity index (χ2n) is 5.29. The maximum atomic E-state index is 13.3. The van der Waals surface area contributed by atoms with Gasteiger partial charge in [-0.25, -0.2) is 4.39 Å². The number of aromatic hydroxyl groups is 1. The molecule has 6 nitrogen and oxygen atoms in total. The standard InChI is InChI=1S/C16H27FN4O2/c1-18-16(19-7-9-21(2)8-4-10-23-3)20-12-13-5-6-15(22)14(17)11-13/h5-6,11,22H,4,7-10,12H2,1-3H3,(H2,18,19,20). The Bertz CT molecular complexity index is 497. The third-order valence-electron chi connectivity index (χ3n) is 3.37. The van der Waals surface area contributed by atoms with Crippen LogP contribution in [-0.2, 0) is 11.3 Å². The summed E-state index contributed by atoms with van der Waals surface area (Å²) in [5.74, 6) is -0.304. The molecule has 0 radical (unpaired) electrons. The summed E-state index contributed by atoms with van der Waals surface area (Å²) in [7, 11) is 5.46. The highest BCUT2D eigenvalue weighted by molar-refractivity contribution is 5.79. The van der Waals surface area contributed by atoms with E-state index in [4.69, 9.17) is 9.84 Å². The van der Waals surface area contributed by atoms with Crippen LogP contribution in [0, 0.1) is 5.82 Å². The monoisotopic (exact) mass is 326 g/mol. The second-order valence-corrected chi connectivity index (χ2v) is 5.29. The highest BCUT2D eigenvalue weighted by atomic mass is 19.1. The van der Waals surface area contributed by atoms with Gasteiger partial charge in [0.25, 0.3) is 0 Å². The van der Waals surface area contributed by atoms with Crippen molar-refractivity contribution < 1.29 is 14.2 Å². The van der Waals surface area contributed by atoms with Gasteiger partial charge in [-0.05, 0) is 31.2 Å². The maximum Gasteiger partial charge on any atom is 0.191 e. The van der Waals surface area contributed by atoms with Crippen LogP contribution < -0.4 is 10.6 Å². The number of nitrogens with one attached hydrogen (secondary N) is 2. The van der Waals surface area contributed by atoms with Gasteiger partial charge in [-0.15, -0.1) is 0 Å². The Morgan fingerprint density at radius 3 is 2.78 bits per heavy atom. The van der Waals surface area contributed by atoms with Crippen molar-refractivity contribution in [1.82, 2.24) is 15.5 Å². The molecule has 0 heterocycles. The second kappa shape index (κ2) is 10.8. The molecule has 0 saturated carbocycles.